The van der Waals surface area contributed by atoms with Crippen molar-refractivity contribution in [3.63, 3.8) is 0 Å². The van der Waals surface area contributed by atoms with Crippen LogP contribution in [0.5, 0.6) is 0 Å². The lowest BCUT2D eigenvalue weighted by molar-refractivity contribution is -0.149. The smallest absolute Gasteiger partial charge is 0.328 e. The van der Waals surface area contributed by atoms with Gasteiger partial charge in [0.25, 0.3) is 0 Å². The molecule has 29 heavy (non-hydrogen) atoms. The van der Waals surface area contributed by atoms with Crippen LogP contribution >= 0.6 is 35.4 Å². The number of urea groups is 1. The van der Waals surface area contributed by atoms with Gasteiger partial charge in [0, 0.05) is 10.0 Å². The van der Waals surface area contributed by atoms with Crippen LogP contribution in [0.3, 0.4) is 0 Å². The van der Waals surface area contributed by atoms with E-state index in [0.717, 1.165) is 0 Å². The Balaban J connectivity index is 1.96. The van der Waals surface area contributed by atoms with Crippen LogP contribution in [0.2, 0.25) is 10.0 Å². The molecule has 0 unspecified atom stereocenters. The Bertz CT molecular complexity index is 982. The highest BCUT2D eigenvalue weighted by Gasteiger charge is 2.63. The Morgan fingerprint density at radius 3 is 1.66 bits per heavy atom. The number of amides is 4. The largest absolute Gasteiger partial charge is 0.354 e. The average molecular weight is 449 g/mol. The zero-order valence-electron chi connectivity index (χ0n) is 14.7. The van der Waals surface area contributed by atoms with Gasteiger partial charge in [-0.1, -0.05) is 47.5 Å². The van der Waals surface area contributed by atoms with Crippen LogP contribution in [0.25, 0.3) is 0 Å². The molecule has 0 aromatic heterocycles. The predicted molar refractivity (Wildman–Crippen MR) is 111 cm³/mol. The van der Waals surface area contributed by atoms with Gasteiger partial charge in [0.1, 0.15) is 0 Å². The van der Waals surface area contributed by atoms with Crippen LogP contribution in [-0.4, -0.2) is 23.0 Å². The van der Waals surface area contributed by atoms with Crippen molar-refractivity contribution in [3.05, 3.63) is 69.7 Å². The van der Waals surface area contributed by atoms with Gasteiger partial charge in [-0.25, -0.2) is 4.79 Å². The summed E-state index contributed by atoms with van der Waals surface area (Å²) in [6, 6.07) is 10.8. The lowest BCUT2D eigenvalue weighted by atomic mass is 9.65. The quantitative estimate of drug-likeness (QED) is 0.416. The fourth-order valence-corrected chi connectivity index (χ4v) is 4.47. The first-order chi connectivity index (χ1) is 13.8. The van der Waals surface area contributed by atoms with Gasteiger partial charge in [0.15, 0.2) is 10.5 Å². The topological polar surface area (TPSA) is 99.3 Å². The van der Waals surface area contributed by atoms with Crippen molar-refractivity contribution in [2.75, 3.05) is 0 Å². The SMILES string of the molecule is O=C1NC(=O)C2(C(=O)N1)[C@@H](c1cccc(Cl)c1)NC(=S)N[C@@H]2c1cccc(Cl)c1. The summed E-state index contributed by atoms with van der Waals surface area (Å²) in [5, 5.41) is 11.5. The highest BCUT2D eigenvalue weighted by molar-refractivity contribution is 7.80. The number of imide groups is 2. The molecule has 0 aliphatic carbocycles. The lowest BCUT2D eigenvalue weighted by Crippen LogP contribution is -2.73. The molecule has 2 aromatic carbocycles. The first kappa shape index (κ1) is 19.6. The van der Waals surface area contributed by atoms with E-state index in [0.29, 0.717) is 21.2 Å². The zero-order chi connectivity index (χ0) is 20.8. The predicted octanol–water partition coefficient (Wildman–Crippen LogP) is 2.61. The summed E-state index contributed by atoms with van der Waals surface area (Å²) in [4.78, 5) is 38.3. The third kappa shape index (κ3) is 3.23. The normalized spacial score (nSPS) is 23.1. The summed E-state index contributed by atoms with van der Waals surface area (Å²) in [5.41, 5.74) is -0.660. The number of carbonyl (C=O) groups excluding carboxylic acids is 3. The maximum absolute atomic E-state index is 13.3. The second-order valence-electron chi connectivity index (χ2n) is 6.70. The van der Waals surface area contributed by atoms with Crippen molar-refractivity contribution < 1.29 is 14.4 Å². The van der Waals surface area contributed by atoms with Crippen LogP contribution in [0.1, 0.15) is 23.2 Å². The minimum absolute atomic E-state index is 0.239. The van der Waals surface area contributed by atoms with Gasteiger partial charge in [-0.3, -0.25) is 20.2 Å². The van der Waals surface area contributed by atoms with Crippen molar-refractivity contribution in [1.82, 2.24) is 21.3 Å². The summed E-state index contributed by atoms with van der Waals surface area (Å²) in [7, 11) is 0. The van der Waals surface area contributed by atoms with E-state index in [-0.39, 0.29) is 5.11 Å². The first-order valence-corrected chi connectivity index (χ1v) is 9.73. The average Bonchev–Trinajstić information content (AvgIpc) is 2.66. The molecule has 2 aromatic rings. The summed E-state index contributed by atoms with van der Waals surface area (Å²) in [6.45, 7) is 0. The summed E-state index contributed by atoms with van der Waals surface area (Å²) < 4.78 is 0. The highest BCUT2D eigenvalue weighted by Crippen LogP contribution is 2.48. The molecule has 148 valence electrons. The second kappa shape index (κ2) is 7.29. The number of benzene rings is 2. The number of hydrogen-bond donors (Lipinski definition) is 4. The molecule has 0 bridgehead atoms. The van der Waals surface area contributed by atoms with Crippen molar-refractivity contribution in [3.8, 4) is 0 Å². The maximum atomic E-state index is 13.3. The Hall–Kier alpha value is -2.68. The third-order valence-corrected chi connectivity index (χ3v) is 5.74. The molecule has 2 atom stereocenters. The van der Waals surface area contributed by atoms with Crippen molar-refractivity contribution in [2.24, 2.45) is 5.41 Å². The van der Waals surface area contributed by atoms with E-state index in [4.69, 9.17) is 35.4 Å². The summed E-state index contributed by atoms with van der Waals surface area (Å²) in [5.74, 6) is -1.52. The van der Waals surface area contributed by atoms with Gasteiger partial charge in [-0.05, 0) is 47.6 Å². The fraction of sp³-hybridized carbons (Fsp3) is 0.158. The molecule has 2 aliphatic rings. The van der Waals surface area contributed by atoms with Crippen LogP contribution in [-0.2, 0) is 9.59 Å². The van der Waals surface area contributed by atoms with E-state index in [1.807, 2.05) is 0 Å². The Labute approximate surface area is 181 Å². The molecule has 2 heterocycles. The molecule has 7 nitrogen and oxygen atoms in total. The molecule has 10 heteroatoms. The molecule has 0 saturated carbocycles. The van der Waals surface area contributed by atoms with Gasteiger partial charge < -0.3 is 10.6 Å². The van der Waals surface area contributed by atoms with E-state index in [1.54, 1.807) is 48.5 Å². The molecule has 2 aliphatic heterocycles. The highest BCUT2D eigenvalue weighted by atomic mass is 35.5. The van der Waals surface area contributed by atoms with Gasteiger partial charge >= 0.3 is 6.03 Å². The zero-order valence-corrected chi connectivity index (χ0v) is 17.0. The Kier molecular flexibility index (Phi) is 4.94. The number of thiocarbonyl (C=S) groups is 1. The first-order valence-electron chi connectivity index (χ1n) is 8.57. The van der Waals surface area contributed by atoms with Gasteiger partial charge in [-0.15, -0.1) is 0 Å². The Morgan fingerprint density at radius 2 is 1.24 bits per heavy atom. The minimum Gasteiger partial charge on any atom is -0.354 e. The maximum Gasteiger partial charge on any atom is 0.328 e. The van der Waals surface area contributed by atoms with Crippen LogP contribution in [0.4, 0.5) is 4.79 Å². The van der Waals surface area contributed by atoms with Gasteiger partial charge in [0.2, 0.25) is 11.8 Å². The number of halogens is 2. The Morgan fingerprint density at radius 1 is 0.793 bits per heavy atom. The number of rotatable bonds is 2. The van der Waals surface area contributed by atoms with E-state index in [9.17, 15) is 14.4 Å². The number of carbonyl (C=O) groups is 3. The molecule has 0 radical (unpaired) electrons. The van der Waals surface area contributed by atoms with E-state index in [1.165, 1.54) is 0 Å². The standard InChI is InChI=1S/C19H14Cl2N4O3S/c20-11-5-1-3-9(7-11)13-19(15(26)24-17(28)25-16(19)27)14(23-18(29)22-13)10-4-2-6-12(21)8-10/h1-8,13-14H,(H2,22,23,29)(H2,24,25,26,27,28)/t13-,14-/m1/s1. The molecule has 4 rings (SSSR count). The third-order valence-electron chi connectivity index (χ3n) is 5.03. The van der Waals surface area contributed by atoms with Crippen LogP contribution < -0.4 is 21.3 Å². The molecule has 2 fully saturated rings. The molecule has 2 saturated heterocycles. The van der Waals surface area contributed by atoms with Gasteiger partial charge in [0.05, 0.1) is 12.1 Å². The molecular formula is C19H14Cl2N4O3S. The van der Waals surface area contributed by atoms with Crippen LogP contribution in [0.15, 0.2) is 48.5 Å². The molecule has 1 spiro atoms. The molecule has 4 amide bonds. The van der Waals surface area contributed by atoms with E-state index < -0.39 is 35.3 Å². The van der Waals surface area contributed by atoms with E-state index >= 15 is 0 Å². The fourth-order valence-electron chi connectivity index (χ4n) is 3.83. The van der Waals surface area contributed by atoms with Crippen LogP contribution in [0, 0.1) is 5.41 Å². The van der Waals surface area contributed by atoms with Crippen molar-refractivity contribution in [2.45, 2.75) is 12.1 Å². The molecule has 4 N–H and O–H groups in total. The second-order valence-corrected chi connectivity index (χ2v) is 7.98. The summed E-state index contributed by atoms with van der Waals surface area (Å²) in [6.07, 6.45) is 0. The minimum atomic E-state index is -1.79. The molecular weight excluding hydrogens is 435 g/mol. The van der Waals surface area contributed by atoms with Crippen molar-refractivity contribution in [1.29, 1.82) is 0 Å². The number of barbiturate groups is 1. The van der Waals surface area contributed by atoms with E-state index in [2.05, 4.69) is 21.3 Å². The number of hydrogen-bond acceptors (Lipinski definition) is 4. The lowest BCUT2D eigenvalue weighted by Gasteiger charge is -2.49. The van der Waals surface area contributed by atoms with Crippen molar-refractivity contribution >= 4 is 58.4 Å². The van der Waals surface area contributed by atoms with Gasteiger partial charge in [-0.2, -0.15) is 0 Å². The number of nitrogens with one attached hydrogen (secondary N) is 4. The monoisotopic (exact) mass is 448 g/mol. The summed E-state index contributed by atoms with van der Waals surface area (Å²) >= 11 is 17.7.